The van der Waals surface area contributed by atoms with Crippen LogP contribution in [0.1, 0.15) is 16.1 Å². The molecule has 0 aliphatic heterocycles. The number of hydrogen-bond acceptors (Lipinski definition) is 4. The molecule has 0 spiro atoms. The second-order valence-corrected chi connectivity index (χ2v) is 4.94. The Labute approximate surface area is 137 Å². The lowest BCUT2D eigenvalue weighted by Crippen LogP contribution is -2.40. The Hall–Kier alpha value is -3.16. The van der Waals surface area contributed by atoms with Gasteiger partial charge in [-0.1, -0.05) is 0 Å². The van der Waals surface area contributed by atoms with Crippen molar-refractivity contribution in [1.82, 2.24) is 10.6 Å². The highest BCUT2D eigenvalue weighted by Gasteiger charge is 2.11. The number of carbonyl (C=O) groups is 3. The quantitative estimate of drug-likeness (QED) is 0.740. The molecule has 8 heteroatoms. The summed E-state index contributed by atoms with van der Waals surface area (Å²) in [6, 6.07) is 6.97. The number of benzene rings is 1. The van der Waals surface area contributed by atoms with Gasteiger partial charge in [-0.3, -0.25) is 14.4 Å². The summed E-state index contributed by atoms with van der Waals surface area (Å²) in [6.07, 6.45) is 1.34. The van der Waals surface area contributed by atoms with E-state index in [1.807, 2.05) is 0 Å². The Morgan fingerprint density at radius 1 is 1.08 bits per heavy atom. The molecule has 0 saturated heterocycles. The minimum atomic E-state index is -0.527. The molecule has 2 aromatic rings. The van der Waals surface area contributed by atoms with E-state index in [2.05, 4.69) is 16.0 Å². The first-order valence-electron chi connectivity index (χ1n) is 7.10. The molecule has 3 amide bonds. The van der Waals surface area contributed by atoms with Crippen LogP contribution < -0.4 is 16.0 Å². The first kappa shape index (κ1) is 17.2. The molecule has 1 aromatic carbocycles. The van der Waals surface area contributed by atoms with E-state index >= 15 is 0 Å². The van der Waals surface area contributed by atoms with E-state index in [1.54, 1.807) is 13.0 Å². The number of carbonyl (C=O) groups excluding carboxylic acids is 3. The highest BCUT2D eigenvalue weighted by Crippen LogP contribution is 2.15. The lowest BCUT2D eigenvalue weighted by atomic mass is 10.2. The van der Waals surface area contributed by atoms with Crippen molar-refractivity contribution in [2.75, 3.05) is 18.4 Å². The summed E-state index contributed by atoms with van der Waals surface area (Å²) in [5, 5.41) is 7.28. The number of rotatable bonds is 6. The molecule has 3 N–H and O–H groups in total. The van der Waals surface area contributed by atoms with Crippen LogP contribution in [-0.2, 0) is 9.59 Å². The molecule has 0 atom stereocenters. The average molecular weight is 333 g/mol. The number of furan rings is 1. The second-order valence-electron chi connectivity index (χ2n) is 4.94. The summed E-state index contributed by atoms with van der Waals surface area (Å²) in [7, 11) is 0. The lowest BCUT2D eigenvalue weighted by Gasteiger charge is -2.09. The van der Waals surface area contributed by atoms with Gasteiger partial charge in [0.05, 0.1) is 19.4 Å². The third-order valence-corrected chi connectivity index (χ3v) is 3.06. The molecule has 0 fully saturated rings. The predicted molar refractivity (Wildman–Crippen MR) is 83.8 cm³/mol. The molecule has 1 aromatic heterocycles. The number of amides is 3. The van der Waals surface area contributed by atoms with E-state index in [4.69, 9.17) is 4.42 Å². The molecular formula is C16H16FN3O4. The van der Waals surface area contributed by atoms with E-state index in [9.17, 15) is 18.8 Å². The highest BCUT2D eigenvalue weighted by atomic mass is 19.1. The van der Waals surface area contributed by atoms with Gasteiger partial charge in [-0.2, -0.15) is 0 Å². The average Bonchev–Trinajstić information content (AvgIpc) is 3.08. The van der Waals surface area contributed by atoms with E-state index in [1.165, 1.54) is 30.5 Å². The number of aryl methyl sites for hydroxylation is 1. The molecular weight excluding hydrogens is 317 g/mol. The molecule has 126 valence electrons. The van der Waals surface area contributed by atoms with Crippen LogP contribution in [0.2, 0.25) is 0 Å². The van der Waals surface area contributed by atoms with Crippen LogP contribution in [0.25, 0.3) is 0 Å². The van der Waals surface area contributed by atoms with Gasteiger partial charge in [0.2, 0.25) is 11.8 Å². The topological polar surface area (TPSA) is 100 Å². The fourth-order valence-corrected chi connectivity index (χ4v) is 1.86. The van der Waals surface area contributed by atoms with Gasteiger partial charge in [0.1, 0.15) is 5.82 Å². The summed E-state index contributed by atoms with van der Waals surface area (Å²) < 4.78 is 17.9. The largest absolute Gasteiger partial charge is 0.459 e. The van der Waals surface area contributed by atoms with Gasteiger partial charge in [-0.15, -0.1) is 0 Å². The molecule has 0 aliphatic rings. The third-order valence-electron chi connectivity index (χ3n) is 3.06. The number of hydrogen-bond donors (Lipinski definition) is 3. The standard InChI is InChI=1S/C16H16FN3O4/c1-10-7-11(17)4-5-12(10)20-15(22)9-18-14(21)8-19-16(23)13-3-2-6-24-13/h2-7H,8-9H2,1H3,(H,18,21)(H,19,23)(H,20,22). The van der Waals surface area contributed by atoms with Crippen LogP contribution in [0, 0.1) is 12.7 Å². The Bertz CT molecular complexity index is 744. The van der Waals surface area contributed by atoms with Gasteiger partial charge in [-0.05, 0) is 42.8 Å². The molecule has 0 radical (unpaired) electrons. The fraction of sp³-hybridized carbons (Fsp3) is 0.188. The van der Waals surface area contributed by atoms with Crippen LogP contribution in [0.3, 0.4) is 0 Å². The van der Waals surface area contributed by atoms with E-state index in [-0.39, 0.29) is 18.8 Å². The van der Waals surface area contributed by atoms with E-state index in [0.29, 0.717) is 11.3 Å². The minimum Gasteiger partial charge on any atom is -0.459 e. The Morgan fingerprint density at radius 3 is 2.50 bits per heavy atom. The maximum absolute atomic E-state index is 13.0. The molecule has 24 heavy (non-hydrogen) atoms. The molecule has 0 saturated carbocycles. The smallest absolute Gasteiger partial charge is 0.287 e. The second kappa shape index (κ2) is 7.91. The molecule has 0 bridgehead atoms. The van der Waals surface area contributed by atoms with Gasteiger partial charge in [-0.25, -0.2) is 4.39 Å². The van der Waals surface area contributed by atoms with Gasteiger partial charge in [0, 0.05) is 5.69 Å². The van der Waals surface area contributed by atoms with Crippen LogP contribution in [0.4, 0.5) is 10.1 Å². The Balaban J connectivity index is 1.73. The third kappa shape index (κ3) is 4.94. The molecule has 1 heterocycles. The predicted octanol–water partition coefficient (Wildman–Crippen LogP) is 1.21. The van der Waals surface area contributed by atoms with Crippen molar-refractivity contribution in [2.45, 2.75) is 6.92 Å². The Morgan fingerprint density at radius 2 is 1.83 bits per heavy atom. The molecule has 7 nitrogen and oxygen atoms in total. The Kier molecular flexibility index (Phi) is 5.67. The first-order valence-corrected chi connectivity index (χ1v) is 7.10. The van der Waals surface area contributed by atoms with Crippen LogP contribution in [0.15, 0.2) is 41.0 Å². The van der Waals surface area contributed by atoms with Crippen molar-refractivity contribution in [3.05, 3.63) is 53.7 Å². The van der Waals surface area contributed by atoms with Crippen LogP contribution in [-0.4, -0.2) is 30.8 Å². The van der Waals surface area contributed by atoms with E-state index in [0.717, 1.165) is 0 Å². The zero-order chi connectivity index (χ0) is 17.5. The van der Waals surface area contributed by atoms with Crippen LogP contribution in [0.5, 0.6) is 0 Å². The van der Waals surface area contributed by atoms with Crippen molar-refractivity contribution in [1.29, 1.82) is 0 Å². The molecule has 0 aliphatic carbocycles. The van der Waals surface area contributed by atoms with Gasteiger partial charge >= 0.3 is 0 Å². The zero-order valence-electron chi connectivity index (χ0n) is 12.9. The SMILES string of the molecule is Cc1cc(F)ccc1NC(=O)CNC(=O)CNC(=O)c1ccco1. The monoisotopic (exact) mass is 333 g/mol. The number of nitrogens with one attached hydrogen (secondary N) is 3. The molecule has 2 rings (SSSR count). The maximum atomic E-state index is 13.0. The highest BCUT2D eigenvalue weighted by molar-refractivity contribution is 5.97. The lowest BCUT2D eigenvalue weighted by molar-refractivity contribution is -0.123. The van der Waals surface area contributed by atoms with Gasteiger partial charge in [0.25, 0.3) is 5.91 Å². The maximum Gasteiger partial charge on any atom is 0.287 e. The van der Waals surface area contributed by atoms with Crippen LogP contribution >= 0.6 is 0 Å². The first-order chi connectivity index (χ1) is 11.5. The van der Waals surface area contributed by atoms with Crippen molar-refractivity contribution < 1.29 is 23.2 Å². The summed E-state index contributed by atoms with van der Waals surface area (Å²) in [5.41, 5.74) is 1.03. The van der Waals surface area contributed by atoms with Gasteiger partial charge in [0.15, 0.2) is 5.76 Å². The van der Waals surface area contributed by atoms with Crippen molar-refractivity contribution in [2.24, 2.45) is 0 Å². The summed E-state index contributed by atoms with van der Waals surface area (Å²) in [5.74, 6) is -1.82. The van der Waals surface area contributed by atoms with Crippen molar-refractivity contribution in [3.8, 4) is 0 Å². The summed E-state index contributed by atoms with van der Waals surface area (Å²) >= 11 is 0. The number of halogens is 1. The van der Waals surface area contributed by atoms with E-state index < -0.39 is 23.5 Å². The fourth-order valence-electron chi connectivity index (χ4n) is 1.86. The molecule has 0 unspecified atom stereocenters. The summed E-state index contributed by atoms with van der Waals surface area (Å²) in [6.45, 7) is 1.09. The van der Waals surface area contributed by atoms with Crippen molar-refractivity contribution in [3.63, 3.8) is 0 Å². The normalized spacial score (nSPS) is 10.1. The number of anilines is 1. The van der Waals surface area contributed by atoms with Crippen molar-refractivity contribution >= 4 is 23.4 Å². The van der Waals surface area contributed by atoms with Gasteiger partial charge < -0.3 is 20.4 Å². The zero-order valence-corrected chi connectivity index (χ0v) is 12.9. The summed E-state index contributed by atoms with van der Waals surface area (Å²) in [4.78, 5) is 34.9. The minimum absolute atomic E-state index is 0.0901.